The van der Waals surface area contributed by atoms with Gasteiger partial charge in [0.2, 0.25) is 5.43 Å². The van der Waals surface area contributed by atoms with E-state index >= 15 is 0 Å². The number of nitrogens with zero attached hydrogens (tertiary/aromatic N) is 2. The summed E-state index contributed by atoms with van der Waals surface area (Å²) in [5, 5.41) is 1.86. The fourth-order valence-electron chi connectivity index (χ4n) is 2.22. The second kappa shape index (κ2) is 5.59. The van der Waals surface area contributed by atoms with Gasteiger partial charge in [-0.1, -0.05) is 0 Å². The maximum atomic E-state index is 12.1. The average molecular weight is 377 g/mol. The second-order valence-electron chi connectivity index (χ2n) is 4.53. The molecule has 8 heteroatoms. The Morgan fingerprint density at radius 2 is 2.05 bits per heavy atom. The van der Waals surface area contributed by atoms with Crippen LogP contribution in [0.1, 0.15) is 0 Å². The summed E-state index contributed by atoms with van der Waals surface area (Å²) in [7, 11) is -0.939. The molecule has 0 amide bonds. The molecule has 0 spiro atoms. The molecule has 0 radical (unpaired) electrons. The number of anilines is 1. The van der Waals surface area contributed by atoms with Crippen molar-refractivity contribution in [3.8, 4) is 0 Å². The summed E-state index contributed by atoms with van der Waals surface area (Å²) in [5.74, 6) is 0.586. The van der Waals surface area contributed by atoms with Gasteiger partial charge in [-0.3, -0.25) is 4.79 Å². The van der Waals surface area contributed by atoms with Crippen molar-refractivity contribution in [2.24, 2.45) is 0 Å². The zero-order chi connectivity index (χ0) is 14.3. The van der Waals surface area contributed by atoms with Crippen LogP contribution in [0.25, 0.3) is 10.3 Å². The monoisotopic (exact) mass is 376 g/mol. The number of hydrogen-bond donors (Lipinski definition) is 0. The molecule has 2 aromatic heterocycles. The molecule has 3 heterocycles. The Morgan fingerprint density at radius 1 is 1.35 bits per heavy atom. The molecule has 1 unspecified atom stereocenters. The first-order valence-corrected chi connectivity index (χ1v) is 9.29. The van der Waals surface area contributed by atoms with Gasteiger partial charge in [-0.15, -0.1) is 11.3 Å². The Morgan fingerprint density at radius 3 is 2.70 bits per heavy atom. The molecule has 5 nitrogen and oxygen atoms in total. The third-order valence-corrected chi connectivity index (χ3v) is 6.26. The van der Waals surface area contributed by atoms with Gasteiger partial charge in [-0.2, -0.15) is 0 Å². The van der Waals surface area contributed by atoms with Crippen LogP contribution in [0.5, 0.6) is 0 Å². The molecular formula is C12H13BrN2O3S2. The number of rotatable bonds is 2. The summed E-state index contributed by atoms with van der Waals surface area (Å²) in [6, 6.07) is 1.55. The van der Waals surface area contributed by atoms with Crippen LogP contribution in [0.2, 0.25) is 0 Å². The average Bonchev–Trinajstić information content (AvgIpc) is 2.81. The molecule has 108 valence electrons. The third kappa shape index (κ3) is 2.57. The smallest absolute Gasteiger partial charge is 0.204 e. The van der Waals surface area contributed by atoms with Gasteiger partial charge >= 0.3 is 0 Å². The predicted molar refractivity (Wildman–Crippen MR) is 85.9 cm³/mol. The van der Waals surface area contributed by atoms with E-state index in [-0.39, 0.29) is 5.43 Å². The fourth-order valence-corrected chi connectivity index (χ4v) is 4.35. The zero-order valence-corrected chi connectivity index (χ0v) is 14.0. The van der Waals surface area contributed by atoms with Gasteiger partial charge in [-0.25, -0.2) is 8.51 Å². The van der Waals surface area contributed by atoms with Gasteiger partial charge in [0, 0.05) is 43.9 Å². The van der Waals surface area contributed by atoms with Crippen LogP contribution >= 0.6 is 27.3 Å². The minimum atomic E-state index is -0.939. The highest BCUT2D eigenvalue weighted by Crippen LogP contribution is 2.31. The van der Waals surface area contributed by atoms with Gasteiger partial charge in [0.25, 0.3) is 0 Å². The van der Waals surface area contributed by atoms with Crippen LogP contribution in [0.4, 0.5) is 5.88 Å². The molecule has 1 saturated heterocycles. The fraction of sp³-hybridized carbons (Fsp3) is 0.417. The van der Waals surface area contributed by atoms with Gasteiger partial charge in [0.05, 0.1) is 15.5 Å². The molecule has 0 bridgehead atoms. The Bertz CT molecular complexity index is 719. The number of fused-ring (bicyclic) bond motifs is 1. The van der Waals surface area contributed by atoms with E-state index in [0.29, 0.717) is 42.3 Å². The first kappa shape index (κ1) is 14.2. The van der Waals surface area contributed by atoms with E-state index in [2.05, 4.69) is 15.9 Å². The second-order valence-corrected chi connectivity index (χ2v) is 7.63. The van der Waals surface area contributed by atoms with Crippen molar-refractivity contribution < 1.29 is 8.63 Å². The molecule has 0 N–H and O–H groups in total. The summed E-state index contributed by atoms with van der Waals surface area (Å²) in [4.78, 5) is 14.1. The first-order valence-electron chi connectivity index (χ1n) is 6.10. The molecule has 1 aliphatic heterocycles. The largest absolute Gasteiger partial charge is 0.438 e. The predicted octanol–water partition coefficient (Wildman–Crippen LogP) is 2.03. The summed E-state index contributed by atoms with van der Waals surface area (Å²) >= 11 is 4.78. The molecule has 2 aromatic rings. The lowest BCUT2D eigenvalue weighted by atomic mass is 10.3. The Hall–Kier alpha value is -0.700. The third-order valence-electron chi connectivity index (χ3n) is 3.30. The van der Waals surface area contributed by atoms with Gasteiger partial charge in [-0.05, 0) is 15.9 Å². The van der Waals surface area contributed by atoms with Crippen molar-refractivity contribution in [1.82, 2.24) is 4.31 Å². The van der Waals surface area contributed by atoms with E-state index in [9.17, 15) is 9.00 Å². The standard InChI is InChI=1S/C12H13BrN2O3S2/c1-20(17)15-4-2-14(3-5-15)10-6-9(16)12-11(18-10)8(13)7-19-12/h6-7H,2-5H2,1H3. The van der Waals surface area contributed by atoms with E-state index in [0.717, 1.165) is 4.47 Å². The Balaban J connectivity index is 1.90. The first-order chi connectivity index (χ1) is 9.56. The maximum absolute atomic E-state index is 12.1. The van der Waals surface area contributed by atoms with Crippen LogP contribution in [-0.4, -0.2) is 40.9 Å². The number of halogens is 1. The number of hydrogen-bond acceptors (Lipinski definition) is 5. The summed E-state index contributed by atoms with van der Waals surface area (Å²) < 4.78 is 20.6. The highest BCUT2D eigenvalue weighted by atomic mass is 79.9. The Kier molecular flexibility index (Phi) is 3.98. The van der Waals surface area contributed by atoms with Gasteiger partial charge in [0.1, 0.15) is 4.70 Å². The lowest BCUT2D eigenvalue weighted by Crippen LogP contribution is -2.46. The molecule has 0 aromatic carbocycles. The Labute approximate surface area is 130 Å². The number of thiophene rings is 1. The van der Waals surface area contributed by atoms with Crippen LogP contribution < -0.4 is 10.3 Å². The van der Waals surface area contributed by atoms with E-state index in [1.54, 1.807) is 12.3 Å². The van der Waals surface area contributed by atoms with Crippen molar-refractivity contribution in [3.05, 3.63) is 26.1 Å². The van der Waals surface area contributed by atoms with Crippen molar-refractivity contribution >= 4 is 54.4 Å². The molecular weight excluding hydrogens is 364 g/mol. The number of piperazine rings is 1. The van der Waals surface area contributed by atoms with Crippen LogP contribution in [-0.2, 0) is 11.0 Å². The highest BCUT2D eigenvalue weighted by Gasteiger charge is 2.22. The molecule has 1 atom stereocenters. The molecule has 0 aliphatic carbocycles. The SMILES string of the molecule is CS(=O)N1CCN(c2cc(=O)c3scc(Br)c3o2)CC1. The van der Waals surface area contributed by atoms with E-state index in [1.165, 1.54) is 11.3 Å². The minimum Gasteiger partial charge on any atom is -0.438 e. The van der Waals surface area contributed by atoms with Crippen LogP contribution in [0, 0.1) is 0 Å². The minimum absolute atomic E-state index is 0.0153. The van der Waals surface area contributed by atoms with Gasteiger partial charge < -0.3 is 9.32 Å². The molecule has 1 fully saturated rings. The quantitative estimate of drug-likeness (QED) is 0.804. The normalized spacial score (nSPS) is 18.6. The summed E-state index contributed by atoms with van der Waals surface area (Å²) in [5.41, 5.74) is 0.595. The zero-order valence-electron chi connectivity index (χ0n) is 10.8. The highest BCUT2D eigenvalue weighted by molar-refractivity contribution is 9.10. The molecule has 0 saturated carbocycles. The molecule has 20 heavy (non-hydrogen) atoms. The van der Waals surface area contributed by atoms with Crippen molar-refractivity contribution in [2.75, 3.05) is 37.3 Å². The lowest BCUT2D eigenvalue weighted by molar-refractivity contribution is 0.398. The van der Waals surface area contributed by atoms with Crippen molar-refractivity contribution in [3.63, 3.8) is 0 Å². The maximum Gasteiger partial charge on any atom is 0.204 e. The summed E-state index contributed by atoms with van der Waals surface area (Å²) in [6.45, 7) is 2.82. The van der Waals surface area contributed by atoms with Crippen LogP contribution in [0.3, 0.4) is 0 Å². The topological polar surface area (TPSA) is 53.8 Å². The van der Waals surface area contributed by atoms with Gasteiger partial charge in [0.15, 0.2) is 11.5 Å². The van der Waals surface area contributed by atoms with Crippen molar-refractivity contribution in [1.29, 1.82) is 0 Å². The van der Waals surface area contributed by atoms with Crippen LogP contribution in [0.15, 0.2) is 25.1 Å². The lowest BCUT2D eigenvalue weighted by Gasteiger charge is -2.33. The molecule has 1 aliphatic rings. The summed E-state index contributed by atoms with van der Waals surface area (Å²) in [6.07, 6.45) is 1.68. The van der Waals surface area contributed by atoms with E-state index < -0.39 is 11.0 Å². The molecule has 3 rings (SSSR count). The van der Waals surface area contributed by atoms with Crippen molar-refractivity contribution in [2.45, 2.75) is 0 Å². The van der Waals surface area contributed by atoms with E-state index in [1.807, 2.05) is 14.6 Å². The van der Waals surface area contributed by atoms with E-state index in [4.69, 9.17) is 4.42 Å².